The van der Waals surface area contributed by atoms with Crippen molar-refractivity contribution in [1.82, 2.24) is 15.2 Å². The van der Waals surface area contributed by atoms with E-state index in [-0.39, 0.29) is 6.04 Å². The number of methoxy groups -OCH3 is 1. The average Bonchev–Trinajstić information content (AvgIpc) is 2.93. The van der Waals surface area contributed by atoms with E-state index >= 15 is 0 Å². The number of pyridine rings is 1. The smallest absolute Gasteiger partial charge is 0.256 e. The van der Waals surface area contributed by atoms with Crippen molar-refractivity contribution >= 4 is 39.4 Å². The molecule has 3 aliphatic rings. The minimum absolute atomic E-state index is 0.174. The first-order valence-corrected chi connectivity index (χ1v) is 12.9. The molecule has 3 saturated heterocycles. The van der Waals surface area contributed by atoms with Gasteiger partial charge in [-0.05, 0) is 83.6 Å². The summed E-state index contributed by atoms with van der Waals surface area (Å²) in [7, 11) is 1.54. The van der Waals surface area contributed by atoms with Gasteiger partial charge < -0.3 is 10.1 Å². The second kappa shape index (κ2) is 10.2. The standard InChI is InChI=1S/C27H24F4IN3O2/c1-3-13-12-35-9-7-14(13)10-19(35)26(16-6-8-33-18-5-4-15(37-2)11-17(16)18)34-27(36)20-21(28)22(29)23(30)24(31)25(20)32/h3-6,8,11,13-14,19,26H,1,7,9-10,12H2,2H3,(H,34,36)/t13?,14?,19?,26-/m1/s1. The van der Waals surface area contributed by atoms with Gasteiger partial charge in [-0.15, -0.1) is 6.58 Å². The molecule has 1 amide bonds. The predicted octanol–water partition coefficient (Wildman–Crippen LogP) is 5.77. The molecule has 5 atom stereocenters. The summed E-state index contributed by atoms with van der Waals surface area (Å²) in [5.41, 5.74) is 0.512. The Morgan fingerprint density at radius 1 is 1.22 bits per heavy atom. The summed E-state index contributed by atoms with van der Waals surface area (Å²) in [6.45, 7) is 5.52. The fourth-order valence-electron chi connectivity index (χ4n) is 5.67. The van der Waals surface area contributed by atoms with E-state index in [1.807, 2.05) is 6.08 Å². The zero-order chi connectivity index (χ0) is 26.4. The minimum Gasteiger partial charge on any atom is -0.497 e. The second-order valence-corrected chi connectivity index (χ2v) is 10.5. The van der Waals surface area contributed by atoms with Crippen molar-refractivity contribution in [3.8, 4) is 5.75 Å². The van der Waals surface area contributed by atoms with Crippen LogP contribution in [0.5, 0.6) is 5.75 Å². The molecule has 3 aliphatic heterocycles. The van der Waals surface area contributed by atoms with Crippen molar-refractivity contribution in [1.29, 1.82) is 0 Å². The fraction of sp³-hybridized carbons (Fsp3) is 0.333. The minimum atomic E-state index is -2.02. The molecule has 3 fully saturated rings. The fourth-order valence-corrected chi connectivity index (χ4v) is 6.39. The van der Waals surface area contributed by atoms with Crippen LogP contribution in [0.4, 0.5) is 17.6 Å². The number of fused-ring (bicyclic) bond motifs is 4. The number of piperidine rings is 3. The number of hydrogen-bond donors (Lipinski definition) is 1. The maximum absolute atomic E-state index is 14.8. The molecule has 0 saturated carbocycles. The molecular formula is C27H24F4IN3O2. The summed E-state index contributed by atoms with van der Waals surface area (Å²) < 4.78 is 61.7. The molecule has 3 aromatic rings. The average molecular weight is 625 g/mol. The second-order valence-electron chi connectivity index (χ2n) is 9.43. The summed E-state index contributed by atoms with van der Waals surface area (Å²) in [6, 6.07) is 6.30. The van der Waals surface area contributed by atoms with Crippen LogP contribution in [-0.4, -0.2) is 42.0 Å². The topological polar surface area (TPSA) is 54.5 Å². The Bertz CT molecular complexity index is 1370. The van der Waals surface area contributed by atoms with Crippen molar-refractivity contribution in [2.45, 2.75) is 24.9 Å². The number of ether oxygens (including phenoxy) is 1. The van der Waals surface area contributed by atoms with E-state index < -0.39 is 44.4 Å². The van der Waals surface area contributed by atoms with E-state index in [9.17, 15) is 22.4 Å². The molecule has 1 aromatic heterocycles. The quantitative estimate of drug-likeness (QED) is 0.124. The summed E-state index contributed by atoms with van der Waals surface area (Å²) >= 11 is 1.32. The van der Waals surface area contributed by atoms with Crippen LogP contribution < -0.4 is 10.1 Å². The van der Waals surface area contributed by atoms with Gasteiger partial charge in [-0.25, -0.2) is 17.6 Å². The SMILES string of the molecule is C=CC1CN2CCC1CC2[C@H](NC(=O)c1c(F)c(F)c(F)c(F)c1I)c1ccnc2ccc(OC)cc12. The lowest BCUT2D eigenvalue weighted by Crippen LogP contribution is -2.57. The molecule has 4 unspecified atom stereocenters. The van der Waals surface area contributed by atoms with E-state index in [0.717, 1.165) is 31.3 Å². The number of benzene rings is 2. The number of carbonyl (C=O) groups is 1. The van der Waals surface area contributed by atoms with Gasteiger partial charge in [-0.3, -0.25) is 14.7 Å². The Balaban J connectivity index is 1.62. The van der Waals surface area contributed by atoms with Crippen LogP contribution in [0.3, 0.4) is 0 Å². The highest BCUT2D eigenvalue weighted by Crippen LogP contribution is 2.42. The molecule has 0 aliphatic carbocycles. The van der Waals surface area contributed by atoms with Gasteiger partial charge in [-0.1, -0.05) is 6.08 Å². The van der Waals surface area contributed by atoms with Crippen LogP contribution in [-0.2, 0) is 0 Å². The predicted molar refractivity (Wildman–Crippen MR) is 139 cm³/mol. The molecule has 37 heavy (non-hydrogen) atoms. The van der Waals surface area contributed by atoms with Crippen molar-refractivity contribution in [3.63, 3.8) is 0 Å². The highest BCUT2D eigenvalue weighted by molar-refractivity contribution is 14.1. The molecule has 2 aromatic carbocycles. The van der Waals surface area contributed by atoms with Gasteiger partial charge >= 0.3 is 0 Å². The maximum Gasteiger partial charge on any atom is 0.256 e. The Labute approximate surface area is 225 Å². The van der Waals surface area contributed by atoms with Crippen molar-refractivity contribution < 1.29 is 27.1 Å². The summed E-state index contributed by atoms with van der Waals surface area (Å²) in [5.74, 6) is -7.07. The lowest BCUT2D eigenvalue weighted by molar-refractivity contribution is 0.00166. The van der Waals surface area contributed by atoms with Gasteiger partial charge in [0.25, 0.3) is 5.91 Å². The van der Waals surface area contributed by atoms with Crippen molar-refractivity contribution in [2.24, 2.45) is 11.8 Å². The first-order valence-electron chi connectivity index (χ1n) is 11.9. The molecule has 5 nitrogen and oxygen atoms in total. The zero-order valence-corrected chi connectivity index (χ0v) is 22.1. The number of aromatic nitrogens is 1. The zero-order valence-electron chi connectivity index (χ0n) is 19.9. The van der Waals surface area contributed by atoms with E-state index in [1.54, 1.807) is 37.6 Å². The number of nitrogens with one attached hydrogen (secondary N) is 1. The Morgan fingerprint density at radius 2 is 1.97 bits per heavy atom. The number of nitrogens with zero attached hydrogens (tertiary/aromatic N) is 2. The highest BCUT2D eigenvalue weighted by atomic mass is 127. The van der Waals surface area contributed by atoms with Crippen molar-refractivity contribution in [3.05, 3.63) is 81.1 Å². The first-order chi connectivity index (χ1) is 17.7. The van der Waals surface area contributed by atoms with Crippen LogP contribution in [0.1, 0.15) is 34.8 Å². The van der Waals surface area contributed by atoms with E-state index in [0.29, 0.717) is 28.7 Å². The summed E-state index contributed by atoms with van der Waals surface area (Å²) in [6.07, 6.45) is 5.30. The van der Waals surface area contributed by atoms with E-state index in [4.69, 9.17) is 4.74 Å². The lowest BCUT2D eigenvalue weighted by atomic mass is 9.73. The third kappa shape index (κ3) is 4.47. The highest BCUT2D eigenvalue weighted by Gasteiger charge is 2.44. The van der Waals surface area contributed by atoms with Gasteiger partial charge in [-0.2, -0.15) is 0 Å². The first kappa shape index (κ1) is 25.9. The number of amides is 1. The molecule has 2 bridgehead atoms. The molecule has 0 radical (unpaired) electrons. The van der Waals surface area contributed by atoms with Crippen molar-refractivity contribution in [2.75, 3.05) is 20.2 Å². The summed E-state index contributed by atoms with van der Waals surface area (Å²) in [4.78, 5) is 20.1. The van der Waals surface area contributed by atoms with Gasteiger partial charge in [0.1, 0.15) is 5.75 Å². The lowest BCUT2D eigenvalue weighted by Gasteiger charge is -2.51. The van der Waals surface area contributed by atoms with Gasteiger partial charge in [0.2, 0.25) is 0 Å². The maximum atomic E-state index is 14.8. The molecular weight excluding hydrogens is 601 g/mol. The number of halogens is 5. The van der Waals surface area contributed by atoms with Crippen LogP contribution in [0, 0.1) is 38.7 Å². The van der Waals surface area contributed by atoms with Crippen LogP contribution in [0.25, 0.3) is 10.9 Å². The molecule has 0 spiro atoms. The largest absolute Gasteiger partial charge is 0.497 e. The number of rotatable bonds is 6. The number of carbonyl (C=O) groups excluding carboxylic acids is 1. The van der Waals surface area contributed by atoms with Gasteiger partial charge in [0, 0.05) is 24.2 Å². The van der Waals surface area contributed by atoms with E-state index in [2.05, 4.69) is 21.8 Å². The third-order valence-corrected chi connectivity index (χ3v) is 8.59. The Morgan fingerprint density at radius 3 is 2.65 bits per heavy atom. The summed E-state index contributed by atoms with van der Waals surface area (Å²) in [5, 5.41) is 3.57. The van der Waals surface area contributed by atoms with Gasteiger partial charge in [0.05, 0.1) is 27.8 Å². The van der Waals surface area contributed by atoms with Crippen LogP contribution in [0.15, 0.2) is 43.1 Å². The molecule has 1 N–H and O–H groups in total. The normalized spacial score (nSPS) is 23.6. The Hall–Kier alpha value is -2.73. The third-order valence-electron chi connectivity index (χ3n) is 7.58. The van der Waals surface area contributed by atoms with Gasteiger partial charge in [0.15, 0.2) is 23.3 Å². The van der Waals surface area contributed by atoms with Crippen LogP contribution in [0.2, 0.25) is 0 Å². The molecule has 10 heteroatoms. The monoisotopic (exact) mass is 625 g/mol. The van der Waals surface area contributed by atoms with Crippen LogP contribution >= 0.6 is 22.6 Å². The molecule has 4 heterocycles. The number of hydrogen-bond acceptors (Lipinski definition) is 4. The molecule has 194 valence electrons. The molecule has 6 rings (SSSR count). The Kier molecular flexibility index (Phi) is 7.14. The van der Waals surface area contributed by atoms with E-state index in [1.165, 1.54) is 22.6 Å².